The minimum Gasteiger partial charge on any atom is -0.455 e. The summed E-state index contributed by atoms with van der Waals surface area (Å²) in [4.78, 5) is 24.0. The standard InChI is InChI=1S/C29H47N5O6/c1-3-13-34(14-4-1)29(27-37-22-23-38-27)28(32-11-5-6-12-32,33-15-9-30-10-16-33)26(31-17-20-35-21-18-31)25(39-40-29)24-8-2-7-19-36-24/h22-24,27,30H,1-21H2. The highest BCUT2D eigenvalue weighted by molar-refractivity contribution is 5.35. The van der Waals surface area contributed by atoms with Gasteiger partial charge in [-0.2, -0.15) is 4.89 Å². The van der Waals surface area contributed by atoms with E-state index >= 15 is 0 Å². The van der Waals surface area contributed by atoms with Gasteiger partial charge in [-0.15, -0.1) is 0 Å². The maximum absolute atomic E-state index is 6.99. The molecule has 0 bridgehead atoms. The van der Waals surface area contributed by atoms with Crippen LogP contribution in [0.4, 0.5) is 0 Å². The highest BCUT2D eigenvalue weighted by Gasteiger charge is 2.75. The van der Waals surface area contributed by atoms with Gasteiger partial charge in [0.15, 0.2) is 11.4 Å². The summed E-state index contributed by atoms with van der Waals surface area (Å²) in [5, 5.41) is 3.61. The van der Waals surface area contributed by atoms with Crippen molar-refractivity contribution >= 4 is 0 Å². The highest BCUT2D eigenvalue weighted by Crippen LogP contribution is 2.55. The number of likely N-dealkylation sites (tertiary alicyclic amines) is 2. The molecule has 0 aromatic heterocycles. The third-order valence-electron chi connectivity index (χ3n) is 9.86. The van der Waals surface area contributed by atoms with Gasteiger partial charge in [0.05, 0.1) is 18.9 Å². The number of ether oxygens (including phenoxy) is 4. The van der Waals surface area contributed by atoms with Crippen LogP contribution < -0.4 is 5.32 Å². The first-order valence-electron chi connectivity index (χ1n) is 15.8. The van der Waals surface area contributed by atoms with Crippen LogP contribution in [0.1, 0.15) is 51.4 Å². The summed E-state index contributed by atoms with van der Waals surface area (Å²) >= 11 is 0. The first kappa shape index (κ1) is 27.2. The lowest BCUT2D eigenvalue weighted by Gasteiger charge is -2.65. The van der Waals surface area contributed by atoms with Crippen molar-refractivity contribution in [3.63, 3.8) is 0 Å². The van der Waals surface area contributed by atoms with E-state index in [9.17, 15) is 0 Å². The van der Waals surface area contributed by atoms with E-state index < -0.39 is 17.7 Å². The molecule has 7 aliphatic rings. The van der Waals surface area contributed by atoms with Crippen LogP contribution in [0.25, 0.3) is 0 Å². The van der Waals surface area contributed by atoms with Gasteiger partial charge in [0.2, 0.25) is 0 Å². The smallest absolute Gasteiger partial charge is 0.290 e. The van der Waals surface area contributed by atoms with Crippen molar-refractivity contribution < 1.29 is 28.7 Å². The molecule has 0 aliphatic carbocycles. The minimum atomic E-state index is -1.05. The van der Waals surface area contributed by atoms with Crippen molar-refractivity contribution in [2.24, 2.45) is 0 Å². The van der Waals surface area contributed by atoms with Crippen molar-refractivity contribution in [2.75, 3.05) is 85.3 Å². The quantitative estimate of drug-likeness (QED) is 0.482. The van der Waals surface area contributed by atoms with Gasteiger partial charge in [0.1, 0.15) is 18.6 Å². The van der Waals surface area contributed by atoms with Crippen molar-refractivity contribution in [2.45, 2.75) is 75.1 Å². The SMILES string of the molecule is C1=COC(C2(N3CCCCC3)OOC(C3CCCCO3)=C(N3CCOCC3)C2(N2CCCC2)N2CCNCC2)O1. The van der Waals surface area contributed by atoms with E-state index in [4.69, 9.17) is 28.7 Å². The molecule has 7 heterocycles. The Morgan fingerprint density at radius 2 is 1.38 bits per heavy atom. The van der Waals surface area contributed by atoms with Gasteiger partial charge in [-0.1, -0.05) is 6.42 Å². The zero-order chi connectivity index (χ0) is 26.8. The van der Waals surface area contributed by atoms with Crippen LogP contribution in [-0.4, -0.2) is 129 Å². The summed E-state index contributed by atoms with van der Waals surface area (Å²) < 4.78 is 25.1. The van der Waals surface area contributed by atoms with Gasteiger partial charge >= 0.3 is 0 Å². The van der Waals surface area contributed by atoms with Crippen LogP contribution in [0.2, 0.25) is 0 Å². The van der Waals surface area contributed by atoms with E-state index in [-0.39, 0.29) is 6.10 Å². The molecule has 0 saturated carbocycles. The fourth-order valence-corrected chi connectivity index (χ4v) is 8.12. The van der Waals surface area contributed by atoms with Crippen LogP contribution in [-0.2, 0) is 28.7 Å². The Morgan fingerprint density at radius 3 is 2.08 bits per heavy atom. The molecule has 40 heavy (non-hydrogen) atoms. The lowest BCUT2D eigenvalue weighted by Crippen LogP contribution is -2.86. The summed E-state index contributed by atoms with van der Waals surface area (Å²) in [5.74, 6) is 0.839. The van der Waals surface area contributed by atoms with Crippen LogP contribution >= 0.6 is 0 Å². The topological polar surface area (TPSA) is 80.4 Å². The molecule has 0 aromatic rings. The molecule has 5 fully saturated rings. The Kier molecular flexibility index (Phi) is 8.14. The molecule has 224 valence electrons. The third kappa shape index (κ3) is 4.44. The monoisotopic (exact) mass is 561 g/mol. The van der Waals surface area contributed by atoms with Crippen molar-refractivity contribution in [1.29, 1.82) is 0 Å². The average Bonchev–Trinajstić information content (AvgIpc) is 3.78. The van der Waals surface area contributed by atoms with Gasteiger partial charge in [0, 0.05) is 72.1 Å². The number of morpholine rings is 1. The fourth-order valence-electron chi connectivity index (χ4n) is 8.12. The van der Waals surface area contributed by atoms with Crippen LogP contribution in [0.5, 0.6) is 0 Å². The summed E-state index contributed by atoms with van der Waals surface area (Å²) in [6.07, 6.45) is 11.4. The summed E-state index contributed by atoms with van der Waals surface area (Å²) in [5.41, 5.74) is -0.571. The van der Waals surface area contributed by atoms with Gasteiger partial charge in [-0.3, -0.25) is 14.7 Å². The van der Waals surface area contributed by atoms with E-state index in [1.807, 2.05) is 0 Å². The van der Waals surface area contributed by atoms with Crippen LogP contribution in [0.3, 0.4) is 0 Å². The minimum absolute atomic E-state index is 0.139. The molecule has 7 aliphatic heterocycles. The number of nitrogens with one attached hydrogen (secondary N) is 1. The van der Waals surface area contributed by atoms with Crippen molar-refractivity contribution in [3.05, 3.63) is 24.0 Å². The average molecular weight is 562 g/mol. The van der Waals surface area contributed by atoms with E-state index in [1.165, 1.54) is 12.1 Å². The number of hydrogen-bond donors (Lipinski definition) is 1. The molecule has 0 radical (unpaired) electrons. The first-order valence-corrected chi connectivity index (χ1v) is 15.8. The Balaban J connectivity index is 1.50. The maximum Gasteiger partial charge on any atom is 0.290 e. The van der Waals surface area contributed by atoms with Gasteiger partial charge in [-0.05, 0) is 44.9 Å². The van der Waals surface area contributed by atoms with Gasteiger partial charge < -0.3 is 34.1 Å². The molecule has 0 amide bonds. The van der Waals surface area contributed by atoms with E-state index in [2.05, 4.69) is 24.9 Å². The van der Waals surface area contributed by atoms with Gasteiger partial charge in [0.25, 0.3) is 12.0 Å². The molecular weight excluding hydrogens is 514 g/mol. The second-order valence-electron chi connectivity index (χ2n) is 12.1. The molecule has 0 spiro atoms. The summed E-state index contributed by atoms with van der Waals surface area (Å²) in [6.45, 7) is 11.1. The number of nitrogens with zero attached hydrogens (tertiary/aromatic N) is 4. The predicted molar refractivity (Wildman–Crippen MR) is 146 cm³/mol. The maximum atomic E-state index is 6.99. The Morgan fingerprint density at radius 1 is 0.700 bits per heavy atom. The van der Waals surface area contributed by atoms with E-state index in [0.717, 1.165) is 123 Å². The fraction of sp³-hybridized carbons (Fsp3) is 0.862. The Labute approximate surface area is 238 Å². The number of rotatable bonds is 6. The Bertz CT molecular complexity index is 914. The lowest BCUT2D eigenvalue weighted by atomic mass is 9.80. The van der Waals surface area contributed by atoms with E-state index in [0.29, 0.717) is 13.2 Å². The molecular formula is C29H47N5O6. The number of hydrogen-bond acceptors (Lipinski definition) is 11. The third-order valence-corrected chi connectivity index (χ3v) is 9.86. The van der Waals surface area contributed by atoms with Gasteiger partial charge in [-0.25, -0.2) is 0 Å². The second kappa shape index (κ2) is 11.9. The van der Waals surface area contributed by atoms with E-state index in [1.54, 1.807) is 12.5 Å². The lowest BCUT2D eigenvalue weighted by molar-refractivity contribution is -0.472. The first-order chi connectivity index (χ1) is 19.9. The normalized spacial score (nSPS) is 37.4. The predicted octanol–water partition coefficient (Wildman–Crippen LogP) is 1.78. The van der Waals surface area contributed by atoms with Crippen LogP contribution in [0, 0.1) is 0 Å². The molecule has 11 heteroatoms. The molecule has 3 atom stereocenters. The van der Waals surface area contributed by atoms with Crippen molar-refractivity contribution in [3.8, 4) is 0 Å². The second-order valence-corrected chi connectivity index (χ2v) is 12.1. The summed E-state index contributed by atoms with van der Waals surface area (Å²) in [6, 6.07) is 0. The molecule has 0 aromatic carbocycles. The van der Waals surface area contributed by atoms with Crippen molar-refractivity contribution in [1.82, 2.24) is 24.9 Å². The largest absolute Gasteiger partial charge is 0.455 e. The zero-order valence-corrected chi connectivity index (χ0v) is 23.9. The zero-order valence-electron chi connectivity index (χ0n) is 23.9. The molecule has 11 nitrogen and oxygen atoms in total. The molecule has 1 N–H and O–H groups in total. The molecule has 3 unspecified atom stereocenters. The molecule has 7 rings (SSSR count). The highest BCUT2D eigenvalue weighted by atomic mass is 17.2. The Hall–Kier alpha value is -1.60. The summed E-state index contributed by atoms with van der Waals surface area (Å²) in [7, 11) is 0. The number of piperazine rings is 1. The van der Waals surface area contributed by atoms with Crippen LogP contribution in [0.15, 0.2) is 24.0 Å². The number of piperidine rings is 1. The molecule has 5 saturated heterocycles.